The highest BCUT2D eigenvalue weighted by Crippen LogP contribution is 2.31. The number of nitrogens with two attached hydrogens (primary N) is 2. The summed E-state index contributed by atoms with van der Waals surface area (Å²) in [6.07, 6.45) is -4.26. The van der Waals surface area contributed by atoms with Gasteiger partial charge in [0.15, 0.2) is 0 Å². The quantitative estimate of drug-likeness (QED) is 0.790. The Hall–Kier alpha value is -1.14. The molecule has 1 aromatic rings. The van der Waals surface area contributed by atoms with E-state index >= 15 is 0 Å². The van der Waals surface area contributed by atoms with Gasteiger partial charge in [-0.3, -0.25) is 0 Å². The molecule has 2 nitrogen and oxygen atoms in total. The third-order valence-electron chi connectivity index (χ3n) is 2.15. The van der Waals surface area contributed by atoms with Gasteiger partial charge in [0.1, 0.15) is 5.82 Å². The zero-order chi connectivity index (χ0) is 12.3. The highest BCUT2D eigenvalue weighted by atomic mass is 19.4. The molecular weight excluding hydrogens is 224 g/mol. The minimum absolute atomic E-state index is 0.109. The first kappa shape index (κ1) is 12.9. The van der Waals surface area contributed by atoms with Crippen molar-refractivity contribution in [1.82, 2.24) is 0 Å². The largest absolute Gasteiger partial charge is 0.416 e. The van der Waals surface area contributed by atoms with Gasteiger partial charge in [0.05, 0.1) is 5.56 Å². The molecule has 0 aromatic heterocycles. The first-order valence-corrected chi connectivity index (χ1v) is 4.68. The maximum atomic E-state index is 13.0. The topological polar surface area (TPSA) is 52.0 Å². The van der Waals surface area contributed by atoms with Gasteiger partial charge in [0.2, 0.25) is 0 Å². The van der Waals surface area contributed by atoms with Crippen molar-refractivity contribution >= 4 is 0 Å². The fourth-order valence-electron chi connectivity index (χ4n) is 1.34. The second-order valence-corrected chi connectivity index (χ2v) is 3.45. The number of hydrogen-bond donors (Lipinski definition) is 2. The van der Waals surface area contributed by atoms with Gasteiger partial charge < -0.3 is 11.5 Å². The van der Waals surface area contributed by atoms with Crippen LogP contribution in [0.15, 0.2) is 18.2 Å². The summed E-state index contributed by atoms with van der Waals surface area (Å²) in [5, 5.41) is 0. The van der Waals surface area contributed by atoms with Gasteiger partial charge in [0.25, 0.3) is 0 Å². The van der Waals surface area contributed by atoms with E-state index in [4.69, 9.17) is 11.5 Å². The van der Waals surface area contributed by atoms with Crippen LogP contribution in [0, 0.1) is 5.82 Å². The van der Waals surface area contributed by atoms with Crippen molar-refractivity contribution in [2.75, 3.05) is 6.54 Å². The van der Waals surface area contributed by atoms with E-state index in [2.05, 4.69) is 0 Å². The first-order chi connectivity index (χ1) is 7.34. The number of alkyl halides is 3. The van der Waals surface area contributed by atoms with Gasteiger partial charge in [-0.1, -0.05) is 0 Å². The van der Waals surface area contributed by atoms with Crippen molar-refractivity contribution in [1.29, 1.82) is 0 Å². The molecule has 1 aromatic carbocycles. The fourth-order valence-corrected chi connectivity index (χ4v) is 1.34. The Morgan fingerprint density at radius 2 is 1.81 bits per heavy atom. The van der Waals surface area contributed by atoms with Crippen LogP contribution in [0.3, 0.4) is 0 Å². The van der Waals surface area contributed by atoms with E-state index in [1.54, 1.807) is 0 Å². The van der Waals surface area contributed by atoms with Gasteiger partial charge in [-0.15, -0.1) is 0 Å². The van der Waals surface area contributed by atoms with E-state index in [-0.39, 0.29) is 12.1 Å². The van der Waals surface area contributed by atoms with E-state index in [1.807, 2.05) is 0 Å². The number of benzene rings is 1. The fraction of sp³-hybridized carbons (Fsp3) is 0.400. The highest BCUT2D eigenvalue weighted by molar-refractivity contribution is 5.28. The molecule has 0 heterocycles. The van der Waals surface area contributed by atoms with Gasteiger partial charge in [0, 0.05) is 6.04 Å². The van der Waals surface area contributed by atoms with E-state index in [0.29, 0.717) is 12.5 Å². The van der Waals surface area contributed by atoms with Crippen molar-refractivity contribution in [3.63, 3.8) is 0 Å². The molecule has 0 saturated carbocycles. The van der Waals surface area contributed by atoms with Crippen LogP contribution in [0.25, 0.3) is 0 Å². The van der Waals surface area contributed by atoms with Crippen LogP contribution in [-0.2, 0) is 6.18 Å². The zero-order valence-corrected chi connectivity index (χ0v) is 8.39. The van der Waals surface area contributed by atoms with Crippen LogP contribution in [0.4, 0.5) is 17.6 Å². The summed E-state index contributed by atoms with van der Waals surface area (Å²) < 4.78 is 50.1. The second kappa shape index (κ2) is 4.80. The average molecular weight is 236 g/mol. The minimum Gasteiger partial charge on any atom is -0.330 e. The third kappa shape index (κ3) is 3.18. The lowest BCUT2D eigenvalue weighted by Crippen LogP contribution is -2.17. The van der Waals surface area contributed by atoms with Crippen LogP contribution in [0.2, 0.25) is 0 Å². The number of halogens is 4. The summed E-state index contributed by atoms with van der Waals surface area (Å²) in [5.74, 6) is -0.947. The summed E-state index contributed by atoms with van der Waals surface area (Å²) in [6.45, 7) is 0.235. The molecule has 0 aliphatic rings. The zero-order valence-electron chi connectivity index (χ0n) is 8.39. The van der Waals surface area contributed by atoms with Gasteiger partial charge in [-0.2, -0.15) is 13.2 Å². The average Bonchev–Trinajstić information content (AvgIpc) is 2.16. The molecule has 0 radical (unpaired) electrons. The molecule has 0 fully saturated rings. The molecule has 6 heteroatoms. The minimum atomic E-state index is -4.57. The Morgan fingerprint density at radius 3 is 2.31 bits per heavy atom. The van der Waals surface area contributed by atoms with Crippen LogP contribution in [0.5, 0.6) is 0 Å². The standard InChI is InChI=1S/C10H12F4N2/c11-8-4-6(9(16)1-2-15)3-7(5-8)10(12,13)14/h3-5,9H,1-2,15-16H2/t9-/m0/s1. The molecule has 0 aliphatic carbocycles. The SMILES string of the molecule is NCC[C@H](N)c1cc(F)cc(C(F)(F)F)c1. The maximum absolute atomic E-state index is 13.0. The van der Waals surface area contributed by atoms with Crippen LogP contribution in [0.1, 0.15) is 23.6 Å². The highest BCUT2D eigenvalue weighted by Gasteiger charge is 2.31. The normalized spacial score (nSPS) is 13.9. The smallest absolute Gasteiger partial charge is 0.330 e. The van der Waals surface area contributed by atoms with Crippen molar-refractivity contribution < 1.29 is 17.6 Å². The summed E-state index contributed by atoms with van der Waals surface area (Å²) >= 11 is 0. The molecule has 1 rings (SSSR count). The predicted molar refractivity (Wildman–Crippen MR) is 52.0 cm³/mol. The Kier molecular flexibility index (Phi) is 3.88. The molecule has 1 atom stereocenters. The van der Waals surface area contributed by atoms with Gasteiger partial charge in [-0.25, -0.2) is 4.39 Å². The first-order valence-electron chi connectivity index (χ1n) is 4.68. The molecule has 90 valence electrons. The summed E-state index contributed by atoms with van der Waals surface area (Å²) in [7, 11) is 0. The van der Waals surface area contributed by atoms with E-state index in [0.717, 1.165) is 12.1 Å². The lowest BCUT2D eigenvalue weighted by atomic mass is 10.0. The second-order valence-electron chi connectivity index (χ2n) is 3.45. The molecule has 0 unspecified atom stereocenters. The van der Waals surface area contributed by atoms with Crippen LogP contribution >= 0.6 is 0 Å². The van der Waals surface area contributed by atoms with Gasteiger partial charge in [-0.05, 0) is 36.7 Å². The molecule has 0 saturated heterocycles. The predicted octanol–water partition coefficient (Wildman–Crippen LogP) is 2.19. The molecule has 0 spiro atoms. The number of rotatable bonds is 3. The van der Waals surface area contributed by atoms with Crippen molar-refractivity contribution in [2.45, 2.75) is 18.6 Å². The van der Waals surface area contributed by atoms with E-state index in [1.165, 1.54) is 0 Å². The molecule has 16 heavy (non-hydrogen) atoms. The summed E-state index contributed by atoms with van der Waals surface area (Å²) in [6, 6.07) is 1.61. The van der Waals surface area contributed by atoms with Gasteiger partial charge >= 0.3 is 6.18 Å². The Bertz CT molecular complexity index is 362. The van der Waals surface area contributed by atoms with E-state index < -0.39 is 23.6 Å². The molecule has 0 bridgehead atoms. The molecular formula is C10H12F4N2. The Morgan fingerprint density at radius 1 is 1.19 bits per heavy atom. The Labute approximate surface area is 90.2 Å². The monoisotopic (exact) mass is 236 g/mol. The summed E-state index contributed by atoms with van der Waals surface area (Å²) in [4.78, 5) is 0. The van der Waals surface area contributed by atoms with Crippen molar-refractivity contribution in [3.05, 3.63) is 35.1 Å². The third-order valence-corrected chi connectivity index (χ3v) is 2.15. The lowest BCUT2D eigenvalue weighted by molar-refractivity contribution is -0.137. The summed E-state index contributed by atoms with van der Waals surface area (Å²) in [5.41, 5.74) is 9.88. The van der Waals surface area contributed by atoms with Crippen LogP contribution in [-0.4, -0.2) is 6.54 Å². The number of hydrogen-bond acceptors (Lipinski definition) is 2. The van der Waals surface area contributed by atoms with Crippen molar-refractivity contribution in [2.24, 2.45) is 11.5 Å². The molecule has 0 amide bonds. The molecule has 4 N–H and O–H groups in total. The molecule has 0 aliphatic heterocycles. The lowest BCUT2D eigenvalue weighted by Gasteiger charge is -2.14. The van der Waals surface area contributed by atoms with Crippen LogP contribution < -0.4 is 11.5 Å². The van der Waals surface area contributed by atoms with Crippen molar-refractivity contribution in [3.8, 4) is 0 Å². The Balaban J connectivity index is 3.08. The van der Waals surface area contributed by atoms with E-state index in [9.17, 15) is 17.6 Å². The maximum Gasteiger partial charge on any atom is 0.416 e.